The van der Waals surface area contributed by atoms with E-state index in [2.05, 4.69) is 10.2 Å². The van der Waals surface area contributed by atoms with Crippen molar-refractivity contribution in [1.82, 2.24) is 10.2 Å². The lowest BCUT2D eigenvalue weighted by molar-refractivity contribution is 0.0650. The molecular weight excluding hydrogens is 319 g/mol. The summed E-state index contributed by atoms with van der Waals surface area (Å²) in [6.45, 7) is 6.55. The molecule has 2 saturated heterocycles. The van der Waals surface area contributed by atoms with Crippen molar-refractivity contribution in [2.24, 2.45) is 0 Å². The summed E-state index contributed by atoms with van der Waals surface area (Å²) in [5, 5.41) is 4.63. The number of benzene rings is 1. The van der Waals surface area contributed by atoms with Gasteiger partial charge in [-0.05, 0) is 57.8 Å². The number of halogens is 2. The molecule has 5 heteroatoms. The lowest BCUT2D eigenvalue weighted by Gasteiger charge is -2.39. The van der Waals surface area contributed by atoms with Crippen molar-refractivity contribution in [3.63, 3.8) is 0 Å². The van der Waals surface area contributed by atoms with E-state index in [1.54, 1.807) is 0 Å². The molecule has 2 aliphatic heterocycles. The zero-order valence-electron chi connectivity index (χ0n) is 13.1. The van der Waals surface area contributed by atoms with Crippen molar-refractivity contribution in [2.75, 3.05) is 26.2 Å². The third kappa shape index (κ3) is 3.70. The first-order chi connectivity index (χ1) is 10.6. The van der Waals surface area contributed by atoms with Crippen molar-refractivity contribution < 1.29 is 4.74 Å². The fraction of sp³-hybridized carbons (Fsp3) is 0.647. The minimum atomic E-state index is 0.286. The molecule has 0 unspecified atom stereocenters. The first-order valence-corrected chi connectivity index (χ1v) is 8.97. The van der Waals surface area contributed by atoms with Gasteiger partial charge in [0.05, 0.1) is 10.0 Å². The Morgan fingerprint density at radius 3 is 2.45 bits per heavy atom. The highest BCUT2D eigenvalue weighted by molar-refractivity contribution is 6.42. The van der Waals surface area contributed by atoms with Gasteiger partial charge in [0.25, 0.3) is 0 Å². The highest BCUT2D eigenvalue weighted by atomic mass is 35.5. The van der Waals surface area contributed by atoms with Gasteiger partial charge in [-0.3, -0.25) is 0 Å². The predicted octanol–water partition coefficient (Wildman–Crippen LogP) is 3.90. The number of likely N-dealkylation sites (tertiary alicyclic amines) is 1. The van der Waals surface area contributed by atoms with Gasteiger partial charge in [0.15, 0.2) is 0 Å². The third-order valence-corrected chi connectivity index (χ3v) is 5.78. The van der Waals surface area contributed by atoms with E-state index in [9.17, 15) is 0 Å². The monoisotopic (exact) mass is 342 g/mol. The van der Waals surface area contributed by atoms with Crippen LogP contribution in [0.3, 0.4) is 0 Å². The van der Waals surface area contributed by atoms with Crippen molar-refractivity contribution in [3.05, 3.63) is 27.7 Å². The van der Waals surface area contributed by atoms with Crippen LogP contribution >= 0.6 is 23.2 Å². The van der Waals surface area contributed by atoms with Gasteiger partial charge >= 0.3 is 0 Å². The molecule has 0 atom stereocenters. The first-order valence-electron chi connectivity index (χ1n) is 8.21. The predicted molar refractivity (Wildman–Crippen MR) is 92.3 cm³/mol. The summed E-state index contributed by atoms with van der Waals surface area (Å²) in [7, 11) is 0. The molecule has 3 rings (SSSR count). The third-order valence-electron chi connectivity index (χ3n) is 4.88. The van der Waals surface area contributed by atoms with E-state index in [1.807, 2.05) is 19.1 Å². The SMILES string of the molecule is Cc1c(OC2CCN(C3CCNCC3)CC2)ccc(Cl)c1Cl. The summed E-state index contributed by atoms with van der Waals surface area (Å²) in [5.41, 5.74) is 0.940. The van der Waals surface area contributed by atoms with Crippen molar-refractivity contribution in [3.8, 4) is 5.75 Å². The highest BCUT2D eigenvalue weighted by Crippen LogP contribution is 2.33. The summed E-state index contributed by atoms with van der Waals surface area (Å²) in [4.78, 5) is 2.64. The Morgan fingerprint density at radius 1 is 1.09 bits per heavy atom. The van der Waals surface area contributed by atoms with Crippen LogP contribution in [0.25, 0.3) is 0 Å². The molecule has 2 aliphatic rings. The van der Waals surface area contributed by atoms with E-state index in [-0.39, 0.29) is 6.10 Å². The average Bonchev–Trinajstić information content (AvgIpc) is 2.57. The molecule has 1 aromatic carbocycles. The molecule has 0 bridgehead atoms. The van der Waals surface area contributed by atoms with Gasteiger partial charge in [-0.15, -0.1) is 0 Å². The number of rotatable bonds is 3. The molecule has 1 N–H and O–H groups in total. The largest absolute Gasteiger partial charge is 0.490 e. The highest BCUT2D eigenvalue weighted by Gasteiger charge is 2.27. The van der Waals surface area contributed by atoms with Crippen LogP contribution in [0, 0.1) is 6.92 Å². The molecule has 0 amide bonds. The number of hydrogen-bond acceptors (Lipinski definition) is 3. The van der Waals surface area contributed by atoms with Gasteiger partial charge in [-0.25, -0.2) is 0 Å². The van der Waals surface area contributed by atoms with Gasteiger partial charge in [-0.1, -0.05) is 23.2 Å². The Balaban J connectivity index is 1.54. The van der Waals surface area contributed by atoms with Crippen LogP contribution in [0.1, 0.15) is 31.2 Å². The lowest BCUT2D eigenvalue weighted by Crippen LogP contribution is -2.48. The molecule has 0 aromatic heterocycles. The van der Waals surface area contributed by atoms with Crippen LogP contribution in [0.5, 0.6) is 5.75 Å². The number of hydrogen-bond donors (Lipinski definition) is 1. The molecule has 0 saturated carbocycles. The van der Waals surface area contributed by atoms with Crippen molar-refractivity contribution in [2.45, 2.75) is 44.8 Å². The van der Waals surface area contributed by atoms with Gasteiger partial charge in [0.2, 0.25) is 0 Å². The molecule has 122 valence electrons. The molecule has 2 fully saturated rings. The second-order valence-electron chi connectivity index (χ2n) is 6.32. The van der Waals surface area contributed by atoms with Gasteiger partial charge in [0.1, 0.15) is 11.9 Å². The van der Waals surface area contributed by atoms with E-state index in [1.165, 1.54) is 12.8 Å². The zero-order chi connectivity index (χ0) is 15.5. The van der Waals surface area contributed by atoms with E-state index in [4.69, 9.17) is 27.9 Å². The first kappa shape index (κ1) is 16.4. The Labute approximate surface area is 142 Å². The molecular formula is C17H24Cl2N2O. The van der Waals surface area contributed by atoms with Crippen LogP contribution in [-0.4, -0.2) is 43.2 Å². The smallest absolute Gasteiger partial charge is 0.124 e. The fourth-order valence-electron chi connectivity index (χ4n) is 3.47. The number of nitrogens with zero attached hydrogens (tertiary/aromatic N) is 1. The Bertz CT molecular complexity index is 510. The summed E-state index contributed by atoms with van der Waals surface area (Å²) in [6.07, 6.45) is 5.01. The minimum Gasteiger partial charge on any atom is -0.490 e. The van der Waals surface area contributed by atoms with Crippen LogP contribution in [0.2, 0.25) is 10.0 Å². The van der Waals surface area contributed by atoms with E-state index >= 15 is 0 Å². The maximum absolute atomic E-state index is 6.20. The number of piperidine rings is 2. The van der Waals surface area contributed by atoms with E-state index < -0.39 is 0 Å². The standard InChI is InChI=1S/C17H24Cl2N2O/c1-12-16(3-2-15(18)17(12)19)22-14-6-10-21(11-7-14)13-4-8-20-9-5-13/h2-3,13-14,20H,4-11H2,1H3. The van der Waals surface area contributed by atoms with Crippen LogP contribution in [0.15, 0.2) is 12.1 Å². The number of ether oxygens (including phenoxy) is 1. The summed E-state index contributed by atoms with van der Waals surface area (Å²) < 4.78 is 6.18. The van der Waals surface area contributed by atoms with Gasteiger partial charge in [-0.2, -0.15) is 0 Å². The Hall–Kier alpha value is -0.480. The Morgan fingerprint density at radius 2 is 1.77 bits per heavy atom. The van der Waals surface area contributed by atoms with Crippen molar-refractivity contribution >= 4 is 23.2 Å². The van der Waals surface area contributed by atoms with Gasteiger partial charge in [0, 0.05) is 24.7 Å². The Kier molecular flexibility index (Phi) is 5.50. The molecule has 22 heavy (non-hydrogen) atoms. The molecule has 1 aromatic rings. The maximum atomic E-state index is 6.20. The van der Waals surface area contributed by atoms with E-state index in [0.29, 0.717) is 10.0 Å². The van der Waals surface area contributed by atoms with Crippen molar-refractivity contribution in [1.29, 1.82) is 0 Å². The average molecular weight is 343 g/mol. The molecule has 0 radical (unpaired) electrons. The molecule has 3 nitrogen and oxygen atoms in total. The molecule has 0 spiro atoms. The number of nitrogens with one attached hydrogen (secondary N) is 1. The molecule has 0 aliphatic carbocycles. The maximum Gasteiger partial charge on any atom is 0.124 e. The topological polar surface area (TPSA) is 24.5 Å². The van der Waals surface area contributed by atoms with Crippen LogP contribution in [0.4, 0.5) is 0 Å². The summed E-state index contributed by atoms with van der Waals surface area (Å²) in [6, 6.07) is 4.51. The summed E-state index contributed by atoms with van der Waals surface area (Å²) >= 11 is 12.2. The van der Waals surface area contributed by atoms with E-state index in [0.717, 1.165) is 56.4 Å². The molecule has 2 heterocycles. The fourth-order valence-corrected chi connectivity index (χ4v) is 3.83. The quantitative estimate of drug-likeness (QED) is 0.901. The lowest BCUT2D eigenvalue weighted by atomic mass is 10.00. The minimum absolute atomic E-state index is 0.286. The second-order valence-corrected chi connectivity index (χ2v) is 7.10. The second kappa shape index (κ2) is 7.39. The summed E-state index contributed by atoms with van der Waals surface area (Å²) in [5.74, 6) is 0.870. The zero-order valence-corrected chi connectivity index (χ0v) is 14.6. The van der Waals surface area contributed by atoms with Gasteiger partial charge < -0.3 is 15.0 Å². The normalized spacial score (nSPS) is 22.0. The van der Waals surface area contributed by atoms with Crippen LogP contribution in [-0.2, 0) is 0 Å². The van der Waals surface area contributed by atoms with Crippen LogP contribution < -0.4 is 10.1 Å².